The Kier molecular flexibility index (Phi) is 4.33. The summed E-state index contributed by atoms with van der Waals surface area (Å²) < 4.78 is 5.09. The van der Waals surface area contributed by atoms with Crippen molar-refractivity contribution in [3.63, 3.8) is 0 Å². The molecule has 0 fully saturated rings. The van der Waals surface area contributed by atoms with Crippen LogP contribution in [0.15, 0.2) is 18.2 Å². The van der Waals surface area contributed by atoms with Gasteiger partial charge in [-0.2, -0.15) is 0 Å². The molecule has 0 saturated carbocycles. The number of hydrogen-bond donors (Lipinski definition) is 0. The fourth-order valence-corrected chi connectivity index (χ4v) is 1.64. The Labute approximate surface area is 98.8 Å². The van der Waals surface area contributed by atoms with Crippen molar-refractivity contribution >= 4 is 21.7 Å². The van der Waals surface area contributed by atoms with E-state index in [9.17, 15) is 4.79 Å². The fraction of sp³-hybridized carbons (Fsp3) is 0.417. The van der Waals surface area contributed by atoms with E-state index in [4.69, 9.17) is 4.74 Å². The minimum atomic E-state index is -0.0930. The highest BCUT2D eigenvalue weighted by Gasteiger charge is 2.16. The first-order chi connectivity index (χ1) is 7.10. The van der Waals surface area contributed by atoms with Crippen molar-refractivity contribution in [1.29, 1.82) is 0 Å². The lowest BCUT2D eigenvalue weighted by Crippen LogP contribution is -2.14. The molecular formula is C12H15BrO2. The monoisotopic (exact) mass is 270 g/mol. The minimum absolute atomic E-state index is 0.0930. The summed E-state index contributed by atoms with van der Waals surface area (Å²) in [5.41, 5.74) is 1.72. The van der Waals surface area contributed by atoms with Crippen LogP contribution in [0.3, 0.4) is 0 Å². The molecule has 0 bridgehead atoms. The zero-order valence-corrected chi connectivity index (χ0v) is 10.8. The average molecular weight is 271 g/mol. The summed E-state index contributed by atoms with van der Waals surface area (Å²) in [4.78, 5) is 11.8. The topological polar surface area (TPSA) is 26.3 Å². The van der Waals surface area contributed by atoms with E-state index in [1.54, 1.807) is 7.11 Å². The smallest absolute Gasteiger partial charge is 0.176 e. The van der Waals surface area contributed by atoms with Crippen molar-refractivity contribution in [3.05, 3.63) is 29.3 Å². The molecule has 3 heteroatoms. The molecule has 0 aliphatic heterocycles. The van der Waals surface area contributed by atoms with Gasteiger partial charge in [-0.3, -0.25) is 4.79 Å². The van der Waals surface area contributed by atoms with E-state index in [0.717, 1.165) is 23.3 Å². The molecule has 1 aromatic carbocycles. The number of hydrogen-bond acceptors (Lipinski definition) is 2. The molecule has 0 aromatic heterocycles. The molecule has 0 amide bonds. The van der Waals surface area contributed by atoms with Gasteiger partial charge in [0.1, 0.15) is 5.75 Å². The Bertz CT molecular complexity index is 361. The van der Waals surface area contributed by atoms with Crippen molar-refractivity contribution < 1.29 is 9.53 Å². The van der Waals surface area contributed by atoms with E-state index in [-0.39, 0.29) is 10.6 Å². The fourth-order valence-electron chi connectivity index (χ4n) is 1.39. The molecule has 1 unspecified atom stereocenters. The van der Waals surface area contributed by atoms with Crippen molar-refractivity contribution in [2.75, 3.05) is 7.11 Å². The van der Waals surface area contributed by atoms with E-state index in [1.165, 1.54) is 0 Å². The van der Waals surface area contributed by atoms with Gasteiger partial charge in [0.2, 0.25) is 0 Å². The number of Topliss-reactive ketones (excluding diaryl/α,β-unsaturated/α-hetero) is 1. The summed E-state index contributed by atoms with van der Waals surface area (Å²) in [6.45, 7) is 3.90. The Hall–Kier alpha value is -0.830. The molecule has 15 heavy (non-hydrogen) atoms. The van der Waals surface area contributed by atoms with Gasteiger partial charge >= 0.3 is 0 Å². The minimum Gasteiger partial charge on any atom is -0.497 e. The van der Waals surface area contributed by atoms with Crippen LogP contribution in [0, 0.1) is 6.92 Å². The van der Waals surface area contributed by atoms with Crippen LogP contribution in [0.4, 0.5) is 0 Å². The Balaban J connectivity index is 3.00. The lowest BCUT2D eigenvalue weighted by Gasteiger charge is -2.10. The van der Waals surface area contributed by atoms with Crippen LogP contribution in [-0.2, 0) is 0 Å². The van der Waals surface area contributed by atoms with Gasteiger partial charge in [0.15, 0.2) is 5.78 Å². The summed E-state index contributed by atoms with van der Waals surface area (Å²) in [6, 6.07) is 5.51. The van der Waals surface area contributed by atoms with Crippen molar-refractivity contribution in [3.8, 4) is 5.75 Å². The summed E-state index contributed by atoms with van der Waals surface area (Å²) >= 11 is 3.37. The van der Waals surface area contributed by atoms with E-state index in [0.29, 0.717) is 0 Å². The van der Waals surface area contributed by atoms with Gasteiger partial charge in [-0.05, 0) is 37.1 Å². The number of carbonyl (C=O) groups excluding carboxylic acids is 1. The largest absolute Gasteiger partial charge is 0.497 e. The quantitative estimate of drug-likeness (QED) is 0.620. The Morgan fingerprint density at radius 1 is 1.53 bits per heavy atom. The maximum absolute atomic E-state index is 11.9. The second-order valence-electron chi connectivity index (χ2n) is 3.42. The highest BCUT2D eigenvalue weighted by atomic mass is 79.9. The molecule has 0 saturated heterocycles. The highest BCUT2D eigenvalue weighted by Crippen LogP contribution is 2.21. The lowest BCUT2D eigenvalue weighted by molar-refractivity contribution is 0.0989. The van der Waals surface area contributed by atoms with E-state index in [2.05, 4.69) is 15.9 Å². The molecule has 1 atom stereocenters. The third-order valence-corrected chi connectivity index (χ3v) is 3.41. The molecule has 0 spiro atoms. The van der Waals surface area contributed by atoms with Gasteiger partial charge in [-0.1, -0.05) is 22.9 Å². The number of rotatable bonds is 4. The first kappa shape index (κ1) is 12.2. The third kappa shape index (κ3) is 2.81. The summed E-state index contributed by atoms with van der Waals surface area (Å²) in [6.07, 6.45) is 0.796. The van der Waals surface area contributed by atoms with Crippen LogP contribution in [-0.4, -0.2) is 17.7 Å². The maximum Gasteiger partial charge on any atom is 0.176 e. The average Bonchev–Trinajstić information content (AvgIpc) is 2.26. The van der Waals surface area contributed by atoms with Crippen molar-refractivity contribution in [2.45, 2.75) is 25.1 Å². The molecule has 2 nitrogen and oxygen atoms in total. The number of carbonyl (C=O) groups is 1. The van der Waals surface area contributed by atoms with E-state index < -0.39 is 0 Å². The summed E-state index contributed by atoms with van der Waals surface area (Å²) in [5.74, 6) is 0.921. The van der Waals surface area contributed by atoms with E-state index >= 15 is 0 Å². The molecule has 1 aromatic rings. The number of ketones is 1. The van der Waals surface area contributed by atoms with Gasteiger partial charge in [-0.15, -0.1) is 0 Å². The molecular weight excluding hydrogens is 256 g/mol. The van der Waals surface area contributed by atoms with Gasteiger partial charge in [-0.25, -0.2) is 0 Å². The molecule has 0 aliphatic carbocycles. The van der Waals surface area contributed by atoms with Gasteiger partial charge in [0.05, 0.1) is 11.9 Å². The number of benzene rings is 1. The van der Waals surface area contributed by atoms with Gasteiger partial charge in [0, 0.05) is 5.56 Å². The van der Waals surface area contributed by atoms with Crippen LogP contribution in [0.2, 0.25) is 0 Å². The first-order valence-corrected chi connectivity index (χ1v) is 5.84. The van der Waals surface area contributed by atoms with E-state index in [1.807, 2.05) is 32.0 Å². The van der Waals surface area contributed by atoms with Crippen molar-refractivity contribution in [2.24, 2.45) is 0 Å². The molecule has 0 heterocycles. The summed E-state index contributed by atoms with van der Waals surface area (Å²) in [5, 5.41) is 0. The van der Waals surface area contributed by atoms with Crippen LogP contribution in [0.1, 0.15) is 29.3 Å². The van der Waals surface area contributed by atoms with Crippen LogP contribution in [0.5, 0.6) is 5.75 Å². The number of halogens is 1. The first-order valence-electron chi connectivity index (χ1n) is 4.93. The normalized spacial score (nSPS) is 12.3. The number of methoxy groups -OCH3 is 1. The highest BCUT2D eigenvalue weighted by molar-refractivity contribution is 9.10. The standard InChI is InChI=1S/C12H15BrO2/c1-4-11(13)12(14)10-6-5-9(15-3)7-8(10)2/h5-7,11H,4H2,1-3H3. The predicted octanol–water partition coefficient (Wildman–Crippen LogP) is 3.36. The lowest BCUT2D eigenvalue weighted by atomic mass is 10.0. The molecule has 1 rings (SSSR count). The molecule has 82 valence electrons. The molecule has 0 N–H and O–H groups in total. The zero-order valence-electron chi connectivity index (χ0n) is 9.21. The van der Waals surface area contributed by atoms with Gasteiger partial charge in [0.25, 0.3) is 0 Å². The maximum atomic E-state index is 11.9. The Morgan fingerprint density at radius 3 is 2.67 bits per heavy atom. The summed E-state index contributed by atoms with van der Waals surface area (Å²) in [7, 11) is 1.62. The third-order valence-electron chi connectivity index (χ3n) is 2.34. The Morgan fingerprint density at radius 2 is 2.20 bits per heavy atom. The number of aryl methyl sites for hydroxylation is 1. The number of alkyl halides is 1. The molecule has 0 aliphatic rings. The molecule has 0 radical (unpaired) electrons. The van der Waals surface area contributed by atoms with Gasteiger partial charge < -0.3 is 4.74 Å². The zero-order chi connectivity index (χ0) is 11.4. The second-order valence-corrected chi connectivity index (χ2v) is 4.53. The van der Waals surface area contributed by atoms with Crippen LogP contribution < -0.4 is 4.74 Å². The SMILES string of the molecule is CCC(Br)C(=O)c1ccc(OC)cc1C. The predicted molar refractivity (Wildman–Crippen MR) is 65.1 cm³/mol. The van der Waals surface area contributed by atoms with Crippen LogP contribution >= 0.6 is 15.9 Å². The van der Waals surface area contributed by atoms with Crippen LogP contribution in [0.25, 0.3) is 0 Å². The van der Waals surface area contributed by atoms with Crippen molar-refractivity contribution in [1.82, 2.24) is 0 Å². The number of ether oxygens (including phenoxy) is 1. The second kappa shape index (κ2) is 5.31.